The minimum absolute atomic E-state index is 0.138. The molecule has 0 amide bonds. The van der Waals surface area contributed by atoms with E-state index in [-0.39, 0.29) is 29.2 Å². The normalized spacial score (nSPS) is 13.1. The summed E-state index contributed by atoms with van der Waals surface area (Å²) in [6.45, 7) is 9.55. The lowest BCUT2D eigenvalue weighted by atomic mass is 9.91. The fourth-order valence-corrected chi connectivity index (χ4v) is 15.6. The van der Waals surface area contributed by atoms with E-state index in [1.807, 2.05) is 164 Å². The molecule has 13 aromatic rings. The standard InChI is InChI=1S/2C32H29NO2S.C26H26N2O2S/c2*1-21(28-15-7-9-23-8-3-4-14-29(23)28)18-30(35)32-17-16-31(36-32)25-11-6-13-27(20-25)33-26-12-5-10-24(19-26)22(2)34;1-18(29)19-6-2-9-22(16-19)28-23-10-3-7-20(17-23)25-13-14-26(31-25)24(30)12-4-8-21-11-5-15-27-21/h2*3-17,19-22,33-34H,18H2,1-2H3;2-3,6-7,9-11,13-18,28-29H,4-5,8,12H2,1H3/t21-,22?;;/m0../s1. The third kappa shape index (κ3) is 19.2. The fourth-order valence-electron chi connectivity index (χ4n) is 12.8. The van der Waals surface area contributed by atoms with Crippen molar-refractivity contribution in [3.8, 4) is 31.3 Å². The van der Waals surface area contributed by atoms with Crippen LogP contribution >= 0.6 is 34.0 Å². The van der Waals surface area contributed by atoms with Crippen LogP contribution in [0.1, 0.15) is 160 Å². The molecule has 1 aliphatic heterocycles. The zero-order valence-corrected chi connectivity index (χ0v) is 60.9. The van der Waals surface area contributed by atoms with Gasteiger partial charge in [-0.15, -0.1) is 34.0 Å². The molecule has 0 spiro atoms. The number of benzene rings is 10. The molecule has 0 fully saturated rings. The SMILES string of the molecule is CC(O)c1cccc(Nc2cccc(-c3ccc(C(=O)CC(C)c4cccc5ccccc45)s3)c2)c1.CC(O)c1cccc(Nc2cccc(-c3ccc(C(=O)CCCC4=CCC=N4)s3)c2)c1.CC(O)c1cccc(Nc2cccc(-c3ccc(C(=O)C[C@H](C)c4cccc5ccccc45)s3)c2)c1. The molecule has 0 saturated carbocycles. The highest BCUT2D eigenvalue weighted by atomic mass is 32.1. The number of nitrogens with zero attached hydrogens (tertiary/aromatic N) is 1. The highest BCUT2D eigenvalue weighted by Gasteiger charge is 2.21. The Labute approximate surface area is 615 Å². The number of anilines is 6. The van der Waals surface area contributed by atoms with Gasteiger partial charge in [0.1, 0.15) is 0 Å². The van der Waals surface area contributed by atoms with Crippen molar-refractivity contribution in [2.24, 2.45) is 4.99 Å². The van der Waals surface area contributed by atoms with Crippen LogP contribution < -0.4 is 16.0 Å². The average Bonchev–Trinajstić information content (AvgIpc) is 1.51. The number of thiophene rings is 3. The number of hydrogen-bond donors (Lipinski definition) is 6. The third-order valence-corrected chi connectivity index (χ3v) is 21.8. The summed E-state index contributed by atoms with van der Waals surface area (Å²) in [7, 11) is 0. The summed E-state index contributed by atoms with van der Waals surface area (Å²) >= 11 is 4.64. The molecule has 3 aromatic heterocycles. The summed E-state index contributed by atoms with van der Waals surface area (Å²) < 4.78 is 0. The van der Waals surface area contributed by atoms with Crippen molar-refractivity contribution < 1.29 is 29.7 Å². The van der Waals surface area contributed by atoms with Gasteiger partial charge in [0, 0.05) is 86.4 Å². The van der Waals surface area contributed by atoms with Crippen LogP contribution in [-0.2, 0) is 0 Å². The number of aliphatic imine (C=N–C) groups is 1. The summed E-state index contributed by atoms with van der Waals surface area (Å²) in [6, 6.07) is 89.2. The molecule has 0 saturated heterocycles. The van der Waals surface area contributed by atoms with Crippen molar-refractivity contribution >= 4 is 113 Å². The van der Waals surface area contributed by atoms with Gasteiger partial charge in [-0.25, -0.2) is 0 Å². The van der Waals surface area contributed by atoms with Crippen LogP contribution in [-0.4, -0.2) is 38.9 Å². The van der Waals surface area contributed by atoms with Crippen molar-refractivity contribution in [1.29, 1.82) is 0 Å². The van der Waals surface area contributed by atoms with Gasteiger partial charge >= 0.3 is 0 Å². The molecule has 13 heteroatoms. The van der Waals surface area contributed by atoms with Gasteiger partial charge in [-0.3, -0.25) is 19.4 Å². The molecule has 0 aliphatic carbocycles. The lowest BCUT2D eigenvalue weighted by molar-refractivity contribution is 0.0971. The number of rotatable bonds is 25. The van der Waals surface area contributed by atoms with E-state index in [4.69, 9.17) is 0 Å². The highest BCUT2D eigenvalue weighted by Crippen LogP contribution is 2.38. The van der Waals surface area contributed by atoms with E-state index in [0.29, 0.717) is 19.3 Å². The number of carbonyl (C=O) groups is 3. The molecule has 518 valence electrons. The number of aliphatic hydroxyl groups excluding tert-OH is 3. The number of allylic oxidation sites excluding steroid dienone is 2. The lowest BCUT2D eigenvalue weighted by Gasteiger charge is -2.13. The van der Waals surface area contributed by atoms with Crippen LogP contribution in [0.25, 0.3) is 52.9 Å². The quantitative estimate of drug-likeness (QED) is 0.0306. The Kier molecular flexibility index (Phi) is 24.2. The van der Waals surface area contributed by atoms with Crippen molar-refractivity contribution in [3.05, 3.63) is 321 Å². The minimum atomic E-state index is -0.511. The maximum Gasteiger partial charge on any atom is 0.173 e. The predicted octanol–water partition coefficient (Wildman–Crippen LogP) is 24.4. The van der Waals surface area contributed by atoms with Gasteiger partial charge < -0.3 is 31.3 Å². The zero-order valence-electron chi connectivity index (χ0n) is 58.4. The first kappa shape index (κ1) is 72.3. The molecule has 1 aliphatic rings. The van der Waals surface area contributed by atoms with E-state index in [2.05, 4.69) is 150 Å². The van der Waals surface area contributed by atoms with Crippen LogP contribution in [0.3, 0.4) is 0 Å². The molecule has 10 nitrogen and oxygen atoms in total. The van der Waals surface area contributed by atoms with Gasteiger partial charge in [0.2, 0.25) is 0 Å². The lowest BCUT2D eigenvalue weighted by Crippen LogP contribution is -2.04. The molecule has 103 heavy (non-hydrogen) atoms. The van der Waals surface area contributed by atoms with E-state index in [1.54, 1.807) is 54.8 Å². The number of ketones is 3. The first-order chi connectivity index (χ1) is 50.0. The topological polar surface area (TPSA) is 160 Å². The molecule has 5 atom stereocenters. The Morgan fingerprint density at radius 1 is 0.388 bits per heavy atom. The number of aliphatic hydroxyl groups is 3. The Hall–Kier alpha value is -10.5. The second-order valence-electron chi connectivity index (χ2n) is 26.2. The third-order valence-electron chi connectivity index (χ3n) is 18.3. The highest BCUT2D eigenvalue weighted by molar-refractivity contribution is 7.18. The number of nitrogens with one attached hydrogen (secondary N) is 3. The molecular weight excluding hydrogens is 1330 g/mol. The van der Waals surface area contributed by atoms with Crippen LogP contribution in [0, 0.1) is 0 Å². The van der Waals surface area contributed by atoms with Crippen LogP contribution in [0.4, 0.5) is 34.1 Å². The monoisotopic (exact) mass is 1410 g/mol. The molecule has 4 heterocycles. The maximum atomic E-state index is 13.2. The predicted molar refractivity (Wildman–Crippen MR) is 432 cm³/mol. The fraction of sp³-hybridized carbons (Fsp3) is 0.178. The van der Waals surface area contributed by atoms with Crippen molar-refractivity contribution in [2.45, 2.75) is 103 Å². The van der Waals surface area contributed by atoms with Crippen molar-refractivity contribution in [2.75, 3.05) is 16.0 Å². The van der Waals surface area contributed by atoms with E-state index >= 15 is 0 Å². The average molecular weight is 1410 g/mol. The van der Waals surface area contributed by atoms with E-state index in [0.717, 1.165) is 122 Å². The summed E-state index contributed by atoms with van der Waals surface area (Å²) in [5.41, 5.74) is 15.0. The summed E-state index contributed by atoms with van der Waals surface area (Å²) in [6.07, 6.45) is 6.63. The van der Waals surface area contributed by atoms with Gasteiger partial charge in [-0.05, 0) is 221 Å². The first-order valence-corrected chi connectivity index (χ1v) is 37.5. The molecule has 14 rings (SSSR count). The second-order valence-corrected chi connectivity index (χ2v) is 29.5. The summed E-state index contributed by atoms with van der Waals surface area (Å²) in [5, 5.41) is 44.6. The van der Waals surface area contributed by atoms with Gasteiger partial charge in [-0.2, -0.15) is 0 Å². The Bertz CT molecular complexity index is 4930. The second kappa shape index (κ2) is 34.5. The Balaban J connectivity index is 0.000000146. The smallest absolute Gasteiger partial charge is 0.173 e. The minimum Gasteiger partial charge on any atom is -0.389 e. The van der Waals surface area contributed by atoms with Crippen LogP contribution in [0.15, 0.2) is 284 Å². The Morgan fingerprint density at radius 3 is 1.10 bits per heavy atom. The maximum absolute atomic E-state index is 13.2. The molecule has 0 radical (unpaired) electrons. The molecule has 6 N–H and O–H groups in total. The van der Waals surface area contributed by atoms with Gasteiger partial charge in [0.05, 0.1) is 32.9 Å². The zero-order chi connectivity index (χ0) is 71.8. The van der Waals surface area contributed by atoms with Gasteiger partial charge in [0.15, 0.2) is 17.3 Å². The van der Waals surface area contributed by atoms with Crippen molar-refractivity contribution in [3.63, 3.8) is 0 Å². The molecule has 4 unspecified atom stereocenters. The molecule has 10 aromatic carbocycles. The van der Waals surface area contributed by atoms with Crippen molar-refractivity contribution in [1.82, 2.24) is 0 Å². The first-order valence-electron chi connectivity index (χ1n) is 35.1. The largest absolute Gasteiger partial charge is 0.389 e. The summed E-state index contributed by atoms with van der Waals surface area (Å²) in [4.78, 5) is 48.9. The van der Waals surface area contributed by atoms with Crippen LogP contribution in [0.5, 0.6) is 0 Å². The number of hydrogen-bond acceptors (Lipinski definition) is 13. The molecule has 0 bridgehead atoms. The van der Waals surface area contributed by atoms with E-state index in [1.165, 1.54) is 32.7 Å². The number of Topliss-reactive ketones (excluding diaryl/α,β-unsaturated/α-hetero) is 3. The van der Waals surface area contributed by atoms with E-state index < -0.39 is 18.3 Å². The van der Waals surface area contributed by atoms with Gasteiger partial charge in [0.25, 0.3) is 0 Å². The molecular formula is C90H84N4O6S3. The number of fused-ring (bicyclic) bond motifs is 2. The van der Waals surface area contributed by atoms with E-state index in [9.17, 15) is 29.7 Å². The number of carbonyl (C=O) groups excluding carboxylic acids is 3. The van der Waals surface area contributed by atoms with Crippen LogP contribution in [0.2, 0.25) is 0 Å². The van der Waals surface area contributed by atoms with Gasteiger partial charge in [-0.1, -0.05) is 178 Å². The summed E-state index contributed by atoms with van der Waals surface area (Å²) in [5.74, 6) is 0.827. The Morgan fingerprint density at radius 2 is 0.728 bits per heavy atom.